The molecule has 0 aromatic carbocycles. The zero-order valence-corrected chi connectivity index (χ0v) is 37.9. The Labute approximate surface area is 359 Å². The third-order valence-electron chi connectivity index (χ3n) is 10.8. The normalized spacial score (nSPS) is 20.5. The number of esters is 1. The molecule has 0 aromatic rings. The summed E-state index contributed by atoms with van der Waals surface area (Å²) < 4.78 is 59.1. The molecule has 0 radical (unpaired) electrons. The number of unbranched alkanes of at least 4 members (excludes halogenated alkanes) is 24. The number of allylic oxidation sites excluding steroid dienone is 4. The second kappa shape index (κ2) is 38.3. The van der Waals surface area contributed by atoms with E-state index < -0.39 is 59.8 Å². The molecule has 1 aliphatic heterocycles. The van der Waals surface area contributed by atoms with E-state index in [-0.39, 0.29) is 19.6 Å². The van der Waals surface area contributed by atoms with E-state index >= 15 is 0 Å². The Kier molecular flexibility index (Phi) is 36.1. The van der Waals surface area contributed by atoms with Crippen molar-refractivity contribution < 1.29 is 56.2 Å². The summed E-state index contributed by atoms with van der Waals surface area (Å²) in [6.45, 7) is 3.97. The van der Waals surface area contributed by atoms with Crippen LogP contribution in [-0.4, -0.2) is 97.5 Å². The molecule has 348 valence electrons. The van der Waals surface area contributed by atoms with E-state index in [1.807, 2.05) is 0 Å². The van der Waals surface area contributed by atoms with Crippen LogP contribution < -0.4 is 0 Å². The highest BCUT2D eigenvalue weighted by molar-refractivity contribution is 7.80. The molecule has 4 N–H and O–H groups in total. The van der Waals surface area contributed by atoms with Gasteiger partial charge in [0.25, 0.3) is 0 Å². The monoisotopic (exact) mass is 863 g/mol. The summed E-state index contributed by atoms with van der Waals surface area (Å²) in [6, 6.07) is 0. The Morgan fingerprint density at radius 3 is 1.64 bits per heavy atom. The van der Waals surface area contributed by atoms with Gasteiger partial charge < -0.3 is 34.3 Å². The zero-order valence-electron chi connectivity index (χ0n) is 37.1. The first-order valence-electron chi connectivity index (χ1n) is 23.6. The van der Waals surface area contributed by atoms with E-state index in [9.17, 15) is 28.5 Å². The lowest BCUT2D eigenvalue weighted by molar-refractivity contribution is -0.301. The summed E-state index contributed by atoms with van der Waals surface area (Å²) in [7, 11) is -5.06. The molecule has 1 fully saturated rings. The fraction of sp³-hybridized carbons (Fsp3) is 0.891. The van der Waals surface area contributed by atoms with Crippen molar-refractivity contribution in [2.24, 2.45) is 0 Å². The third-order valence-corrected chi connectivity index (χ3v) is 11.3. The molecule has 0 saturated carbocycles. The molecule has 1 aliphatic rings. The number of rotatable bonds is 41. The first kappa shape index (κ1) is 55.6. The van der Waals surface area contributed by atoms with Gasteiger partial charge in [0.05, 0.1) is 19.8 Å². The molecule has 59 heavy (non-hydrogen) atoms. The Morgan fingerprint density at radius 2 is 1.12 bits per heavy atom. The van der Waals surface area contributed by atoms with Crippen molar-refractivity contribution >= 4 is 16.4 Å². The van der Waals surface area contributed by atoms with Gasteiger partial charge in [0, 0.05) is 13.0 Å². The highest BCUT2D eigenvalue weighted by atomic mass is 32.3. The number of ether oxygens (including phenoxy) is 4. The van der Waals surface area contributed by atoms with E-state index in [2.05, 4.69) is 42.3 Å². The Morgan fingerprint density at radius 1 is 0.644 bits per heavy atom. The molecule has 1 saturated heterocycles. The predicted octanol–water partition coefficient (Wildman–Crippen LogP) is 10.0. The highest BCUT2D eigenvalue weighted by Crippen LogP contribution is 2.26. The second-order valence-electron chi connectivity index (χ2n) is 16.4. The number of carbonyl (C=O) groups excluding carboxylic acids is 1. The summed E-state index contributed by atoms with van der Waals surface area (Å²) >= 11 is 0. The van der Waals surface area contributed by atoms with Gasteiger partial charge in [-0.15, -0.1) is 0 Å². The minimum Gasteiger partial charge on any atom is -0.457 e. The van der Waals surface area contributed by atoms with Gasteiger partial charge in [-0.1, -0.05) is 173 Å². The Hall–Kier alpha value is -1.42. The molecule has 6 atom stereocenters. The standard InChI is InChI=1S/C46H86O12S/c1-3-5-7-9-11-13-15-17-19-20-21-22-24-26-28-30-32-34-36-54-38-40(39-55-46-44(50)45(58-59(51,52)53)43(49)41(37-47)57-46)56-42(48)35-33-31-29-27-25-23-18-16-14-12-10-8-6-4-2/h11,13,17,19,40-41,43-47,49-50H,3-10,12,14-16,18,20-39H2,1-2H3,(H,51,52,53)/b13-11-,19-17-. The molecule has 1 heterocycles. The lowest BCUT2D eigenvalue weighted by Gasteiger charge is -2.41. The van der Waals surface area contributed by atoms with Crippen molar-refractivity contribution in [1.82, 2.24) is 0 Å². The number of hydrogen-bond acceptors (Lipinski definition) is 11. The van der Waals surface area contributed by atoms with Crippen LogP contribution in [0.2, 0.25) is 0 Å². The van der Waals surface area contributed by atoms with Gasteiger partial charge in [0.2, 0.25) is 0 Å². The number of carbonyl (C=O) groups is 1. The van der Waals surface area contributed by atoms with Gasteiger partial charge in [-0.05, 0) is 44.9 Å². The average Bonchev–Trinajstić information content (AvgIpc) is 3.20. The molecule has 0 aromatic heterocycles. The first-order valence-corrected chi connectivity index (χ1v) is 25.0. The van der Waals surface area contributed by atoms with Crippen LogP contribution in [-0.2, 0) is 38.3 Å². The van der Waals surface area contributed by atoms with Crippen LogP contribution in [0.25, 0.3) is 0 Å². The van der Waals surface area contributed by atoms with Crippen molar-refractivity contribution in [1.29, 1.82) is 0 Å². The van der Waals surface area contributed by atoms with Crippen LogP contribution in [0.5, 0.6) is 0 Å². The zero-order chi connectivity index (χ0) is 43.2. The fourth-order valence-corrected chi connectivity index (χ4v) is 7.74. The van der Waals surface area contributed by atoms with Gasteiger partial charge in [-0.25, -0.2) is 4.18 Å². The van der Waals surface area contributed by atoms with Crippen molar-refractivity contribution in [2.75, 3.05) is 26.4 Å². The third kappa shape index (κ3) is 32.0. The maximum atomic E-state index is 12.8. The summed E-state index contributed by atoms with van der Waals surface area (Å²) in [5.74, 6) is -0.399. The van der Waals surface area contributed by atoms with Crippen molar-refractivity contribution in [3.05, 3.63) is 24.3 Å². The average molecular weight is 863 g/mol. The molecule has 13 heteroatoms. The molecule has 0 amide bonds. The minimum absolute atomic E-state index is 0.0357. The molecule has 0 spiro atoms. The number of aliphatic hydroxyl groups is 3. The van der Waals surface area contributed by atoms with E-state index in [1.54, 1.807) is 0 Å². The summed E-state index contributed by atoms with van der Waals surface area (Å²) in [6.07, 6.45) is 33.5. The lowest BCUT2D eigenvalue weighted by Crippen LogP contribution is -2.60. The smallest absolute Gasteiger partial charge is 0.397 e. The quantitative estimate of drug-likeness (QED) is 0.0198. The van der Waals surface area contributed by atoms with Crippen LogP contribution in [0.15, 0.2) is 24.3 Å². The molecule has 1 rings (SSSR count). The second-order valence-corrected chi connectivity index (χ2v) is 17.4. The summed E-state index contributed by atoms with van der Waals surface area (Å²) in [5, 5.41) is 30.7. The fourth-order valence-electron chi connectivity index (χ4n) is 7.23. The van der Waals surface area contributed by atoms with Crippen LogP contribution >= 0.6 is 0 Å². The Balaban J connectivity index is 2.40. The van der Waals surface area contributed by atoms with Crippen LogP contribution in [0.3, 0.4) is 0 Å². The van der Waals surface area contributed by atoms with Gasteiger partial charge >= 0.3 is 16.4 Å². The molecular weight excluding hydrogens is 777 g/mol. The molecule has 0 aliphatic carbocycles. The van der Waals surface area contributed by atoms with E-state index in [0.717, 1.165) is 51.4 Å². The van der Waals surface area contributed by atoms with Gasteiger partial charge in [-0.2, -0.15) is 8.42 Å². The van der Waals surface area contributed by atoms with Crippen molar-refractivity contribution in [3.63, 3.8) is 0 Å². The van der Waals surface area contributed by atoms with E-state index in [1.165, 1.54) is 122 Å². The van der Waals surface area contributed by atoms with Crippen LogP contribution in [0.1, 0.15) is 200 Å². The molecule has 12 nitrogen and oxygen atoms in total. The predicted molar refractivity (Wildman–Crippen MR) is 234 cm³/mol. The number of hydrogen-bond donors (Lipinski definition) is 4. The van der Waals surface area contributed by atoms with Crippen molar-refractivity contribution in [3.8, 4) is 0 Å². The lowest BCUT2D eigenvalue weighted by atomic mass is 9.99. The topological polar surface area (TPSA) is 178 Å². The highest BCUT2D eigenvalue weighted by Gasteiger charge is 2.48. The maximum absolute atomic E-state index is 12.8. The van der Waals surface area contributed by atoms with Gasteiger partial charge in [-0.3, -0.25) is 9.35 Å². The first-order chi connectivity index (χ1) is 28.6. The summed E-state index contributed by atoms with van der Waals surface area (Å²) in [5.41, 5.74) is 0. The Bertz CT molecular complexity index is 1130. The summed E-state index contributed by atoms with van der Waals surface area (Å²) in [4.78, 5) is 12.8. The SMILES string of the molecule is CCCCC/C=C\C/C=C\CCCCCCCCCCOCC(COC1OC(CO)C(O)C(OS(=O)(=O)O)C1O)OC(=O)CCCCCCCCCCCCCCCC. The number of aliphatic hydroxyl groups excluding tert-OH is 3. The van der Waals surface area contributed by atoms with Gasteiger partial charge in [0.1, 0.15) is 30.5 Å². The van der Waals surface area contributed by atoms with Crippen LogP contribution in [0.4, 0.5) is 0 Å². The molecule has 6 unspecified atom stereocenters. The molecular formula is C46H86O12S. The maximum Gasteiger partial charge on any atom is 0.397 e. The minimum atomic E-state index is -5.06. The van der Waals surface area contributed by atoms with Gasteiger partial charge in [0.15, 0.2) is 6.29 Å². The van der Waals surface area contributed by atoms with E-state index in [0.29, 0.717) is 13.0 Å². The van der Waals surface area contributed by atoms with E-state index in [4.69, 9.17) is 23.5 Å². The largest absolute Gasteiger partial charge is 0.457 e. The molecule has 0 bridgehead atoms. The van der Waals surface area contributed by atoms with Crippen molar-refractivity contribution in [2.45, 2.75) is 237 Å². The van der Waals surface area contributed by atoms with Crippen LogP contribution in [0, 0.1) is 0 Å².